The van der Waals surface area contributed by atoms with Gasteiger partial charge in [0.15, 0.2) is 0 Å². The van der Waals surface area contributed by atoms with Crippen molar-refractivity contribution in [2.75, 3.05) is 0 Å². The van der Waals surface area contributed by atoms with Crippen LogP contribution >= 0.6 is 0 Å². The summed E-state index contributed by atoms with van der Waals surface area (Å²) in [5.74, 6) is 0. The topological polar surface area (TPSA) is 23.8 Å². The van der Waals surface area contributed by atoms with Crippen LogP contribution < -0.4 is 0 Å². The monoisotopic (exact) mass is 313 g/mol. The van der Waals surface area contributed by atoms with Crippen LogP contribution in [0.2, 0.25) is 0 Å². The molecule has 0 unspecified atom stereocenters. The Balaban J connectivity index is 0.000000313. The number of benzene rings is 1. The van der Waals surface area contributed by atoms with Gasteiger partial charge >= 0.3 is 17.1 Å². The standard InChI is InChI=1S/C14H10N.C5H5.Fe/c15-11-14-9-7-13(8-10-14)6-5-12-3-1-2-4-12;1-2-4-5-3-1;/h1-10H;1-5H;/q2*-1;+2. The van der Waals surface area contributed by atoms with E-state index in [0.29, 0.717) is 5.56 Å². The van der Waals surface area contributed by atoms with Gasteiger partial charge in [0, 0.05) is 0 Å². The molecule has 3 aromatic carbocycles. The summed E-state index contributed by atoms with van der Waals surface area (Å²) >= 11 is 0. The summed E-state index contributed by atoms with van der Waals surface area (Å²) in [5.41, 5.74) is 3.00. The van der Waals surface area contributed by atoms with Crippen LogP contribution in [0.25, 0.3) is 12.2 Å². The third-order valence-electron chi connectivity index (χ3n) is 2.75. The van der Waals surface area contributed by atoms with Crippen LogP contribution in [0.15, 0.2) is 78.9 Å². The first kappa shape index (κ1) is 16.7. The molecule has 0 radical (unpaired) electrons. The van der Waals surface area contributed by atoms with Gasteiger partial charge in [0.05, 0.1) is 11.6 Å². The normalized spacial score (nSPS) is 9.29. The van der Waals surface area contributed by atoms with Crippen molar-refractivity contribution in [3.05, 3.63) is 95.6 Å². The maximum Gasteiger partial charge on any atom is 2.00 e. The summed E-state index contributed by atoms with van der Waals surface area (Å²) in [4.78, 5) is 0. The van der Waals surface area contributed by atoms with Crippen molar-refractivity contribution in [3.8, 4) is 6.07 Å². The molecule has 0 saturated carbocycles. The predicted molar refractivity (Wildman–Crippen MR) is 84.2 cm³/mol. The van der Waals surface area contributed by atoms with Gasteiger partial charge in [-0.2, -0.15) is 35.6 Å². The Kier molecular flexibility index (Phi) is 7.61. The van der Waals surface area contributed by atoms with Crippen molar-refractivity contribution in [1.82, 2.24) is 0 Å². The van der Waals surface area contributed by atoms with Gasteiger partial charge in [-0.25, -0.2) is 12.1 Å². The molecule has 0 fully saturated rings. The molecule has 0 aliphatic rings. The van der Waals surface area contributed by atoms with Gasteiger partial charge in [0.2, 0.25) is 0 Å². The van der Waals surface area contributed by atoms with Crippen molar-refractivity contribution < 1.29 is 17.1 Å². The van der Waals surface area contributed by atoms with Crippen LogP contribution in [0.5, 0.6) is 0 Å². The quantitative estimate of drug-likeness (QED) is 0.490. The smallest absolute Gasteiger partial charge is 0.214 e. The number of nitriles is 1. The summed E-state index contributed by atoms with van der Waals surface area (Å²) in [6.07, 6.45) is 4.10. The maximum atomic E-state index is 8.64. The SMILES string of the molecule is N#Cc1ccc(C=C[c-]2cccc2)cc1.[Fe+2].c1cc[cH-]c1. The first-order valence-corrected chi connectivity index (χ1v) is 6.45. The van der Waals surface area contributed by atoms with Gasteiger partial charge in [-0.05, 0) is 12.1 Å². The van der Waals surface area contributed by atoms with Crippen LogP contribution in [0.1, 0.15) is 16.7 Å². The Morgan fingerprint density at radius 3 is 2.05 bits per heavy atom. The largest absolute Gasteiger partial charge is 2.00 e. The molecule has 0 amide bonds. The summed E-state index contributed by atoms with van der Waals surface area (Å²) in [6, 6.07) is 27.8. The molecular weight excluding hydrogens is 298 g/mol. The number of nitrogens with zero attached hydrogens (tertiary/aromatic N) is 1. The van der Waals surface area contributed by atoms with Gasteiger partial charge in [-0.3, -0.25) is 0 Å². The molecule has 104 valence electrons. The van der Waals surface area contributed by atoms with E-state index in [1.807, 2.05) is 72.8 Å². The van der Waals surface area contributed by atoms with Crippen LogP contribution in [0, 0.1) is 11.3 Å². The summed E-state index contributed by atoms with van der Waals surface area (Å²) in [7, 11) is 0. The average Bonchev–Trinajstić information content (AvgIpc) is 3.21. The Morgan fingerprint density at radius 2 is 1.57 bits per heavy atom. The van der Waals surface area contributed by atoms with E-state index in [2.05, 4.69) is 24.3 Å². The van der Waals surface area contributed by atoms with Crippen molar-refractivity contribution in [2.45, 2.75) is 0 Å². The second-order valence-electron chi connectivity index (χ2n) is 4.25. The maximum absolute atomic E-state index is 8.64. The van der Waals surface area contributed by atoms with Crippen molar-refractivity contribution in [3.63, 3.8) is 0 Å². The summed E-state index contributed by atoms with van der Waals surface area (Å²) in [6.45, 7) is 0. The van der Waals surface area contributed by atoms with Crippen LogP contribution in [-0.4, -0.2) is 0 Å². The molecule has 0 bridgehead atoms. The molecule has 2 heteroatoms. The van der Waals surface area contributed by atoms with Gasteiger partial charge in [-0.1, -0.05) is 17.7 Å². The Morgan fingerprint density at radius 1 is 0.952 bits per heavy atom. The molecule has 3 aromatic rings. The van der Waals surface area contributed by atoms with Crippen LogP contribution in [0.4, 0.5) is 0 Å². The summed E-state index contributed by atoms with van der Waals surface area (Å²) < 4.78 is 0. The minimum absolute atomic E-state index is 0. The van der Waals surface area contributed by atoms with Crippen LogP contribution in [0.3, 0.4) is 0 Å². The molecule has 0 aliphatic heterocycles. The van der Waals surface area contributed by atoms with E-state index < -0.39 is 0 Å². The number of hydrogen-bond acceptors (Lipinski definition) is 1. The Bertz CT molecular complexity index is 636. The zero-order valence-electron chi connectivity index (χ0n) is 11.5. The third-order valence-corrected chi connectivity index (χ3v) is 2.75. The minimum atomic E-state index is 0. The predicted octanol–water partition coefficient (Wildman–Crippen LogP) is 4.85. The fourth-order valence-electron chi connectivity index (χ4n) is 1.68. The van der Waals surface area contributed by atoms with E-state index in [4.69, 9.17) is 5.26 Å². The molecular formula is C19H15FeN. The molecule has 0 heterocycles. The number of hydrogen-bond donors (Lipinski definition) is 0. The second-order valence-corrected chi connectivity index (χ2v) is 4.25. The fourth-order valence-corrected chi connectivity index (χ4v) is 1.68. The molecule has 3 rings (SSSR count). The fraction of sp³-hybridized carbons (Fsp3) is 0. The van der Waals surface area contributed by atoms with E-state index in [1.54, 1.807) is 0 Å². The summed E-state index contributed by atoms with van der Waals surface area (Å²) in [5, 5.41) is 8.64. The van der Waals surface area contributed by atoms with Crippen molar-refractivity contribution in [1.29, 1.82) is 5.26 Å². The number of rotatable bonds is 2. The minimum Gasteiger partial charge on any atom is -0.214 e. The zero-order valence-corrected chi connectivity index (χ0v) is 12.6. The van der Waals surface area contributed by atoms with Gasteiger partial charge in [0.25, 0.3) is 0 Å². The first-order chi connectivity index (χ1) is 9.88. The Hall–Kier alpha value is -2.33. The molecule has 0 saturated heterocycles. The molecule has 0 N–H and O–H groups in total. The van der Waals surface area contributed by atoms with E-state index in [-0.39, 0.29) is 17.1 Å². The molecule has 0 aliphatic carbocycles. The van der Waals surface area contributed by atoms with Gasteiger partial charge in [0.1, 0.15) is 0 Å². The van der Waals surface area contributed by atoms with Crippen molar-refractivity contribution in [2.24, 2.45) is 0 Å². The molecule has 0 spiro atoms. The third kappa shape index (κ3) is 6.10. The second kappa shape index (κ2) is 9.55. The molecule has 21 heavy (non-hydrogen) atoms. The van der Waals surface area contributed by atoms with E-state index in [9.17, 15) is 0 Å². The zero-order chi connectivity index (χ0) is 14.0. The van der Waals surface area contributed by atoms with E-state index in [0.717, 1.165) is 5.56 Å². The van der Waals surface area contributed by atoms with Crippen molar-refractivity contribution >= 4 is 12.2 Å². The molecule has 0 aromatic heterocycles. The molecule has 1 nitrogen and oxygen atoms in total. The van der Waals surface area contributed by atoms with Gasteiger partial charge < -0.3 is 0 Å². The first-order valence-electron chi connectivity index (χ1n) is 6.45. The van der Waals surface area contributed by atoms with Crippen LogP contribution in [-0.2, 0) is 17.1 Å². The molecule has 0 atom stereocenters. The van der Waals surface area contributed by atoms with Gasteiger partial charge in [-0.15, -0.1) is 29.8 Å². The average molecular weight is 313 g/mol. The Labute approximate surface area is 136 Å². The van der Waals surface area contributed by atoms with E-state index >= 15 is 0 Å². The van der Waals surface area contributed by atoms with E-state index in [1.165, 1.54) is 5.56 Å².